The van der Waals surface area contributed by atoms with Crippen LogP contribution in [-0.4, -0.2) is 28.6 Å². The van der Waals surface area contributed by atoms with Crippen molar-refractivity contribution in [1.82, 2.24) is 4.90 Å². The molecule has 5 heteroatoms. The van der Waals surface area contributed by atoms with Crippen LogP contribution in [0.4, 0.5) is 8.78 Å². The predicted octanol–water partition coefficient (Wildman–Crippen LogP) is 2.57. The van der Waals surface area contributed by atoms with Gasteiger partial charge in [0.1, 0.15) is 6.04 Å². The maximum absolute atomic E-state index is 13.7. The normalized spacial score (nSPS) is 22.1. The number of hydrogen-bond donors (Lipinski definition) is 1. The minimum atomic E-state index is -0.906. The fourth-order valence-corrected chi connectivity index (χ4v) is 2.54. The lowest BCUT2D eigenvalue weighted by Gasteiger charge is -2.28. The Hall–Kier alpha value is -1.49. The first kappa shape index (κ1) is 13.0. The quantitative estimate of drug-likeness (QED) is 0.902. The molecule has 18 heavy (non-hydrogen) atoms. The highest BCUT2D eigenvalue weighted by Gasteiger charge is 2.35. The van der Waals surface area contributed by atoms with Crippen molar-refractivity contribution in [1.29, 1.82) is 0 Å². The van der Waals surface area contributed by atoms with Crippen LogP contribution in [-0.2, 0) is 4.79 Å². The van der Waals surface area contributed by atoms with Crippen molar-refractivity contribution in [2.45, 2.75) is 31.8 Å². The summed E-state index contributed by atoms with van der Waals surface area (Å²) in [6, 6.07) is 2.95. The van der Waals surface area contributed by atoms with E-state index in [1.807, 2.05) is 0 Å². The summed E-state index contributed by atoms with van der Waals surface area (Å²) in [5, 5.41) is 9.09. The van der Waals surface area contributed by atoms with Gasteiger partial charge in [-0.2, -0.15) is 0 Å². The smallest absolute Gasteiger partial charge is 0.320 e. The Kier molecular flexibility index (Phi) is 3.61. The number of aliphatic carboxylic acids is 1. The minimum Gasteiger partial charge on any atom is -0.480 e. The van der Waals surface area contributed by atoms with Crippen LogP contribution >= 0.6 is 0 Å². The van der Waals surface area contributed by atoms with E-state index in [0.29, 0.717) is 13.0 Å². The Morgan fingerprint density at radius 2 is 2.22 bits per heavy atom. The fourth-order valence-electron chi connectivity index (χ4n) is 2.54. The molecule has 2 rings (SSSR count). The summed E-state index contributed by atoms with van der Waals surface area (Å²) in [7, 11) is 0. The Morgan fingerprint density at radius 1 is 1.50 bits per heavy atom. The van der Waals surface area contributed by atoms with Crippen LogP contribution in [0.3, 0.4) is 0 Å². The molecule has 0 radical (unpaired) electrons. The summed E-state index contributed by atoms with van der Waals surface area (Å²) < 4.78 is 26.9. The number of halogens is 2. The summed E-state index contributed by atoms with van der Waals surface area (Å²) in [5.41, 5.74) is 0.211. The zero-order chi connectivity index (χ0) is 13.3. The van der Waals surface area contributed by atoms with E-state index in [0.717, 1.165) is 12.5 Å². The molecule has 0 spiro atoms. The molecule has 1 aliphatic heterocycles. The molecular weight excluding hydrogens is 240 g/mol. The second-order valence-corrected chi connectivity index (χ2v) is 4.55. The molecule has 1 fully saturated rings. The van der Waals surface area contributed by atoms with E-state index in [2.05, 4.69) is 0 Å². The average Bonchev–Trinajstić information content (AvgIpc) is 2.81. The van der Waals surface area contributed by atoms with Gasteiger partial charge in [0, 0.05) is 11.6 Å². The van der Waals surface area contributed by atoms with Crippen molar-refractivity contribution < 1.29 is 18.7 Å². The number of likely N-dealkylation sites (tertiary alicyclic amines) is 1. The Balaban J connectivity index is 2.28. The van der Waals surface area contributed by atoms with Crippen molar-refractivity contribution in [2.75, 3.05) is 6.54 Å². The highest BCUT2D eigenvalue weighted by Crippen LogP contribution is 2.31. The fraction of sp³-hybridized carbons (Fsp3) is 0.462. The van der Waals surface area contributed by atoms with Crippen LogP contribution in [0.5, 0.6) is 0 Å². The lowest BCUT2D eigenvalue weighted by Crippen LogP contribution is -2.38. The Bertz CT molecular complexity index is 464. The Labute approximate surface area is 104 Å². The number of rotatable bonds is 3. The van der Waals surface area contributed by atoms with E-state index in [9.17, 15) is 13.6 Å². The van der Waals surface area contributed by atoms with Gasteiger partial charge in [0.05, 0.1) is 0 Å². The average molecular weight is 255 g/mol. The third kappa shape index (κ3) is 2.22. The molecule has 1 saturated heterocycles. The van der Waals surface area contributed by atoms with Gasteiger partial charge in [0.2, 0.25) is 0 Å². The number of benzene rings is 1. The van der Waals surface area contributed by atoms with Crippen LogP contribution in [0.15, 0.2) is 18.2 Å². The third-order valence-electron chi connectivity index (χ3n) is 3.51. The van der Waals surface area contributed by atoms with Gasteiger partial charge < -0.3 is 5.11 Å². The molecule has 1 aromatic carbocycles. The van der Waals surface area contributed by atoms with Gasteiger partial charge >= 0.3 is 5.97 Å². The SMILES string of the molecule is CC(c1cccc(F)c1F)N1CCCC1C(=O)O. The summed E-state index contributed by atoms with van der Waals surface area (Å²) in [6.45, 7) is 2.30. The van der Waals surface area contributed by atoms with Gasteiger partial charge in [-0.25, -0.2) is 8.78 Å². The maximum Gasteiger partial charge on any atom is 0.320 e. The van der Waals surface area contributed by atoms with Crippen molar-refractivity contribution >= 4 is 5.97 Å². The van der Waals surface area contributed by atoms with E-state index in [4.69, 9.17) is 5.11 Å². The topological polar surface area (TPSA) is 40.5 Å². The molecule has 1 aromatic rings. The Morgan fingerprint density at radius 3 is 2.89 bits per heavy atom. The first-order valence-electron chi connectivity index (χ1n) is 5.95. The number of carboxylic acids is 1. The maximum atomic E-state index is 13.7. The van der Waals surface area contributed by atoms with E-state index in [1.54, 1.807) is 11.8 Å². The number of nitrogens with zero attached hydrogens (tertiary/aromatic N) is 1. The monoisotopic (exact) mass is 255 g/mol. The standard InChI is InChI=1S/C13H15F2NO2/c1-8(9-4-2-5-10(14)12(9)15)16-7-3-6-11(16)13(17)18/h2,4-5,8,11H,3,6-7H2,1H3,(H,17,18). The molecular formula is C13H15F2NO2. The molecule has 2 unspecified atom stereocenters. The summed E-state index contributed by atoms with van der Waals surface area (Å²) in [6.07, 6.45) is 1.31. The van der Waals surface area contributed by atoms with Crippen LogP contribution in [0, 0.1) is 11.6 Å². The van der Waals surface area contributed by atoms with Crippen molar-refractivity contribution in [3.05, 3.63) is 35.4 Å². The highest BCUT2D eigenvalue weighted by atomic mass is 19.2. The predicted molar refractivity (Wildman–Crippen MR) is 62.1 cm³/mol. The lowest BCUT2D eigenvalue weighted by atomic mass is 10.0. The number of hydrogen-bond acceptors (Lipinski definition) is 2. The minimum absolute atomic E-state index is 0.211. The molecule has 3 nitrogen and oxygen atoms in total. The van der Waals surface area contributed by atoms with Gasteiger partial charge in [-0.1, -0.05) is 12.1 Å². The summed E-state index contributed by atoms with van der Waals surface area (Å²) in [5.74, 6) is -2.69. The van der Waals surface area contributed by atoms with Gasteiger partial charge in [-0.15, -0.1) is 0 Å². The third-order valence-corrected chi connectivity index (χ3v) is 3.51. The largest absolute Gasteiger partial charge is 0.480 e. The van der Waals surface area contributed by atoms with Gasteiger partial charge in [-0.05, 0) is 32.4 Å². The van der Waals surface area contributed by atoms with Crippen molar-refractivity contribution in [3.63, 3.8) is 0 Å². The molecule has 98 valence electrons. The molecule has 0 aromatic heterocycles. The highest BCUT2D eigenvalue weighted by molar-refractivity contribution is 5.73. The number of carbonyl (C=O) groups is 1. The molecule has 1 aliphatic rings. The van der Waals surface area contributed by atoms with Crippen molar-refractivity contribution in [3.8, 4) is 0 Å². The zero-order valence-electron chi connectivity index (χ0n) is 10.1. The second kappa shape index (κ2) is 5.02. The van der Waals surface area contributed by atoms with Gasteiger partial charge in [-0.3, -0.25) is 9.69 Å². The van der Waals surface area contributed by atoms with Crippen LogP contribution in [0.25, 0.3) is 0 Å². The van der Waals surface area contributed by atoms with Gasteiger partial charge in [0.25, 0.3) is 0 Å². The molecule has 0 aliphatic carbocycles. The number of carboxylic acid groups (broad SMARTS) is 1. The van der Waals surface area contributed by atoms with Crippen LogP contribution in [0.2, 0.25) is 0 Å². The van der Waals surface area contributed by atoms with E-state index < -0.39 is 29.7 Å². The van der Waals surface area contributed by atoms with E-state index in [-0.39, 0.29) is 5.56 Å². The molecule has 1 N–H and O–H groups in total. The first-order chi connectivity index (χ1) is 8.52. The molecule has 2 atom stereocenters. The zero-order valence-corrected chi connectivity index (χ0v) is 10.1. The molecule has 0 amide bonds. The van der Waals surface area contributed by atoms with Crippen LogP contribution in [0.1, 0.15) is 31.4 Å². The molecule has 1 heterocycles. The van der Waals surface area contributed by atoms with E-state index >= 15 is 0 Å². The lowest BCUT2D eigenvalue weighted by molar-refractivity contribution is -0.142. The van der Waals surface area contributed by atoms with Gasteiger partial charge in [0.15, 0.2) is 11.6 Å². The molecule has 0 saturated carbocycles. The first-order valence-corrected chi connectivity index (χ1v) is 5.95. The second-order valence-electron chi connectivity index (χ2n) is 4.55. The van der Waals surface area contributed by atoms with Crippen molar-refractivity contribution in [2.24, 2.45) is 0 Å². The van der Waals surface area contributed by atoms with E-state index in [1.165, 1.54) is 12.1 Å². The summed E-state index contributed by atoms with van der Waals surface area (Å²) in [4.78, 5) is 12.8. The van der Waals surface area contributed by atoms with Crippen LogP contribution < -0.4 is 0 Å². The summed E-state index contributed by atoms with van der Waals surface area (Å²) >= 11 is 0. The molecule has 0 bridgehead atoms.